The van der Waals surface area contributed by atoms with Crippen molar-refractivity contribution in [3.05, 3.63) is 35.9 Å². The molecule has 6 heteroatoms. The molecule has 0 aromatic heterocycles. The van der Waals surface area contributed by atoms with E-state index in [2.05, 4.69) is 4.74 Å². The Labute approximate surface area is 102 Å². The molecule has 0 aliphatic carbocycles. The topological polar surface area (TPSA) is 29.5 Å². The van der Waals surface area contributed by atoms with Gasteiger partial charge in [-0.05, 0) is 5.56 Å². The zero-order valence-corrected chi connectivity index (χ0v) is 9.53. The van der Waals surface area contributed by atoms with Crippen molar-refractivity contribution in [3.63, 3.8) is 0 Å². The third-order valence-corrected chi connectivity index (χ3v) is 2.33. The summed E-state index contributed by atoms with van der Waals surface area (Å²) in [5, 5.41) is 9.64. The fourth-order valence-electron chi connectivity index (χ4n) is 1.31. The second-order valence-electron chi connectivity index (χ2n) is 3.83. The standard InChI is InChI=1S/C12H14F4O2/c13-11(14)12(15,16)8-18-7-6-10(17)9-4-2-1-3-5-9/h1-5,10-11,17H,6-8H2. The van der Waals surface area contributed by atoms with Crippen LogP contribution in [-0.2, 0) is 4.74 Å². The highest BCUT2D eigenvalue weighted by atomic mass is 19.3. The normalized spacial score (nSPS) is 13.9. The number of alkyl halides is 4. The van der Waals surface area contributed by atoms with Crippen molar-refractivity contribution in [2.75, 3.05) is 13.2 Å². The molecule has 0 saturated heterocycles. The van der Waals surface area contributed by atoms with Gasteiger partial charge >= 0.3 is 12.3 Å². The van der Waals surface area contributed by atoms with Crippen LogP contribution in [0.4, 0.5) is 17.6 Å². The number of halogens is 4. The molecular weight excluding hydrogens is 252 g/mol. The van der Waals surface area contributed by atoms with Crippen LogP contribution in [0.3, 0.4) is 0 Å². The first-order valence-electron chi connectivity index (χ1n) is 5.40. The summed E-state index contributed by atoms with van der Waals surface area (Å²) in [5.74, 6) is -4.14. The maximum atomic E-state index is 12.5. The van der Waals surface area contributed by atoms with Gasteiger partial charge in [0.15, 0.2) is 0 Å². The van der Waals surface area contributed by atoms with Crippen molar-refractivity contribution in [3.8, 4) is 0 Å². The SMILES string of the molecule is OC(CCOCC(F)(F)C(F)F)c1ccccc1. The molecule has 0 aliphatic heterocycles. The molecular formula is C12H14F4O2. The number of rotatable bonds is 7. The first-order valence-corrected chi connectivity index (χ1v) is 5.40. The summed E-state index contributed by atoms with van der Waals surface area (Å²) >= 11 is 0. The molecule has 1 atom stereocenters. The van der Waals surface area contributed by atoms with Crippen molar-refractivity contribution < 1.29 is 27.4 Å². The summed E-state index contributed by atoms with van der Waals surface area (Å²) in [5.41, 5.74) is 0.627. The van der Waals surface area contributed by atoms with Crippen LogP contribution in [0.2, 0.25) is 0 Å². The fraction of sp³-hybridized carbons (Fsp3) is 0.500. The molecule has 1 N–H and O–H groups in total. The van der Waals surface area contributed by atoms with Crippen molar-refractivity contribution in [2.24, 2.45) is 0 Å². The van der Waals surface area contributed by atoms with E-state index in [-0.39, 0.29) is 13.0 Å². The van der Waals surface area contributed by atoms with Crippen LogP contribution in [-0.4, -0.2) is 30.7 Å². The Kier molecular flexibility index (Phi) is 5.55. The molecule has 2 nitrogen and oxygen atoms in total. The number of ether oxygens (including phenoxy) is 1. The van der Waals surface area contributed by atoms with E-state index in [1.165, 1.54) is 0 Å². The smallest absolute Gasteiger partial charge is 0.330 e. The Morgan fingerprint density at radius 2 is 1.78 bits per heavy atom. The fourth-order valence-corrected chi connectivity index (χ4v) is 1.31. The lowest BCUT2D eigenvalue weighted by atomic mass is 10.1. The molecule has 0 aliphatic rings. The highest BCUT2D eigenvalue weighted by molar-refractivity contribution is 5.16. The Bertz CT molecular complexity index is 343. The molecule has 0 fully saturated rings. The van der Waals surface area contributed by atoms with Crippen LogP contribution in [0.1, 0.15) is 18.1 Å². The maximum Gasteiger partial charge on any atom is 0.330 e. The van der Waals surface area contributed by atoms with Gasteiger partial charge in [-0.15, -0.1) is 0 Å². The van der Waals surface area contributed by atoms with Gasteiger partial charge in [-0.2, -0.15) is 8.78 Å². The summed E-state index contributed by atoms with van der Waals surface area (Å²) in [6.45, 7) is -1.55. The molecule has 0 spiro atoms. The molecule has 0 saturated carbocycles. The Morgan fingerprint density at radius 3 is 2.33 bits per heavy atom. The molecule has 0 radical (unpaired) electrons. The minimum Gasteiger partial charge on any atom is -0.388 e. The third-order valence-electron chi connectivity index (χ3n) is 2.33. The molecule has 1 aromatic carbocycles. The third kappa shape index (κ3) is 4.62. The number of hydrogen-bond acceptors (Lipinski definition) is 2. The van der Waals surface area contributed by atoms with Crippen molar-refractivity contribution in [2.45, 2.75) is 24.9 Å². The highest BCUT2D eigenvalue weighted by Crippen LogP contribution is 2.23. The average molecular weight is 266 g/mol. The van der Waals surface area contributed by atoms with E-state index in [1.54, 1.807) is 30.3 Å². The molecule has 1 unspecified atom stereocenters. The molecule has 102 valence electrons. The Balaban J connectivity index is 2.27. The van der Waals surface area contributed by atoms with Gasteiger partial charge in [0.05, 0.1) is 6.10 Å². The molecule has 0 amide bonds. The van der Waals surface area contributed by atoms with Gasteiger partial charge in [-0.25, -0.2) is 8.78 Å². The zero-order chi connectivity index (χ0) is 13.6. The van der Waals surface area contributed by atoms with E-state index < -0.39 is 25.1 Å². The summed E-state index contributed by atoms with van der Waals surface area (Å²) in [4.78, 5) is 0. The lowest BCUT2D eigenvalue weighted by Gasteiger charge is -2.16. The average Bonchev–Trinajstić information content (AvgIpc) is 2.35. The van der Waals surface area contributed by atoms with E-state index in [4.69, 9.17) is 0 Å². The predicted octanol–water partition coefficient (Wildman–Crippen LogP) is 3.03. The number of aliphatic hydroxyl groups excluding tert-OH is 1. The van der Waals surface area contributed by atoms with Gasteiger partial charge in [0.2, 0.25) is 0 Å². The lowest BCUT2D eigenvalue weighted by Crippen LogP contribution is -2.32. The van der Waals surface area contributed by atoms with Gasteiger partial charge in [0.1, 0.15) is 6.61 Å². The van der Waals surface area contributed by atoms with Crippen LogP contribution in [0, 0.1) is 0 Å². The van der Waals surface area contributed by atoms with E-state index in [1.807, 2.05) is 0 Å². The van der Waals surface area contributed by atoms with Gasteiger partial charge < -0.3 is 9.84 Å². The first-order chi connectivity index (χ1) is 8.43. The molecule has 0 bridgehead atoms. The number of benzene rings is 1. The van der Waals surface area contributed by atoms with E-state index in [9.17, 15) is 22.7 Å². The van der Waals surface area contributed by atoms with Crippen LogP contribution in [0.15, 0.2) is 30.3 Å². The van der Waals surface area contributed by atoms with Crippen molar-refractivity contribution >= 4 is 0 Å². The minimum atomic E-state index is -4.14. The predicted molar refractivity (Wildman–Crippen MR) is 57.8 cm³/mol. The Morgan fingerprint density at radius 1 is 1.17 bits per heavy atom. The van der Waals surface area contributed by atoms with E-state index >= 15 is 0 Å². The summed E-state index contributed by atoms with van der Waals surface area (Å²) in [7, 11) is 0. The Hall–Kier alpha value is -1.14. The second-order valence-corrected chi connectivity index (χ2v) is 3.83. The van der Waals surface area contributed by atoms with Crippen LogP contribution in [0.5, 0.6) is 0 Å². The quantitative estimate of drug-likeness (QED) is 0.607. The summed E-state index contributed by atoms with van der Waals surface area (Å²) in [6, 6.07) is 8.58. The molecule has 0 heterocycles. The molecule has 18 heavy (non-hydrogen) atoms. The number of hydrogen-bond donors (Lipinski definition) is 1. The zero-order valence-electron chi connectivity index (χ0n) is 9.53. The number of aliphatic hydroxyl groups is 1. The van der Waals surface area contributed by atoms with Crippen LogP contribution < -0.4 is 0 Å². The largest absolute Gasteiger partial charge is 0.388 e. The van der Waals surface area contributed by atoms with Gasteiger partial charge in [-0.3, -0.25) is 0 Å². The van der Waals surface area contributed by atoms with E-state index in [0.717, 1.165) is 0 Å². The maximum absolute atomic E-state index is 12.5. The molecule has 1 rings (SSSR count). The van der Waals surface area contributed by atoms with Crippen molar-refractivity contribution in [1.82, 2.24) is 0 Å². The second kappa shape index (κ2) is 6.70. The van der Waals surface area contributed by atoms with Gasteiger partial charge in [0, 0.05) is 13.0 Å². The molecule has 1 aromatic rings. The summed E-state index contributed by atoms with van der Waals surface area (Å²) in [6.07, 6.45) is -4.52. The van der Waals surface area contributed by atoms with Gasteiger partial charge in [-0.1, -0.05) is 30.3 Å². The van der Waals surface area contributed by atoms with E-state index in [0.29, 0.717) is 5.56 Å². The minimum absolute atomic E-state index is 0.0727. The lowest BCUT2D eigenvalue weighted by molar-refractivity contribution is -0.166. The van der Waals surface area contributed by atoms with Gasteiger partial charge in [0.25, 0.3) is 0 Å². The summed E-state index contributed by atoms with van der Waals surface area (Å²) < 4.78 is 52.9. The first kappa shape index (κ1) is 14.9. The van der Waals surface area contributed by atoms with Crippen molar-refractivity contribution in [1.29, 1.82) is 0 Å². The highest BCUT2D eigenvalue weighted by Gasteiger charge is 2.40. The monoisotopic (exact) mass is 266 g/mol. The van der Waals surface area contributed by atoms with Crippen LogP contribution >= 0.6 is 0 Å². The van der Waals surface area contributed by atoms with Crippen LogP contribution in [0.25, 0.3) is 0 Å².